The molecule has 0 aromatic carbocycles. The van der Waals surface area contributed by atoms with Gasteiger partial charge in [0.05, 0.1) is 6.42 Å². The molecule has 0 aliphatic heterocycles. The number of hydrogen-bond donors (Lipinski definition) is 2. The number of halogens is 3. The van der Waals surface area contributed by atoms with Gasteiger partial charge < -0.3 is 4.90 Å². The molecule has 0 aliphatic carbocycles. The zero-order chi connectivity index (χ0) is 11.9. The first kappa shape index (κ1) is 14.0. The molecule has 0 saturated heterocycles. The van der Waals surface area contributed by atoms with Gasteiger partial charge in [-0.25, -0.2) is 5.84 Å². The maximum Gasteiger partial charge on any atom is 0.390 e. The van der Waals surface area contributed by atoms with E-state index < -0.39 is 12.6 Å². The minimum absolute atomic E-state index is 0.157. The summed E-state index contributed by atoms with van der Waals surface area (Å²) in [7, 11) is 1.51. The summed E-state index contributed by atoms with van der Waals surface area (Å²) in [6, 6.07) is 0. The molecule has 90 valence electrons. The molecule has 0 saturated carbocycles. The molecule has 0 spiro atoms. The summed E-state index contributed by atoms with van der Waals surface area (Å²) < 4.78 is 35.8. The standard InChI is InChI=1S/C8H17F3N4/c1-3-5-13-7(14-12)15(2)6-4-8(9,10)11/h3-6,12H2,1-2H3,(H,13,14). The van der Waals surface area contributed by atoms with Crippen molar-refractivity contribution in [1.29, 1.82) is 0 Å². The van der Waals surface area contributed by atoms with Crippen molar-refractivity contribution in [3.05, 3.63) is 0 Å². The molecule has 15 heavy (non-hydrogen) atoms. The molecule has 0 unspecified atom stereocenters. The van der Waals surface area contributed by atoms with Gasteiger partial charge >= 0.3 is 6.18 Å². The average molecular weight is 226 g/mol. The number of nitrogens with zero attached hydrogens (tertiary/aromatic N) is 2. The SMILES string of the molecule is CCCN=C(NN)N(C)CCC(F)(F)F. The summed E-state index contributed by atoms with van der Waals surface area (Å²) in [4.78, 5) is 5.35. The summed E-state index contributed by atoms with van der Waals surface area (Å²) in [6.07, 6.45) is -4.21. The predicted molar refractivity (Wildman–Crippen MR) is 53.2 cm³/mol. The minimum atomic E-state index is -4.15. The van der Waals surface area contributed by atoms with Crippen molar-refractivity contribution in [1.82, 2.24) is 10.3 Å². The molecule has 0 aliphatic rings. The summed E-state index contributed by atoms with van der Waals surface area (Å²) in [5.74, 6) is 5.43. The topological polar surface area (TPSA) is 53.6 Å². The van der Waals surface area contributed by atoms with Crippen molar-refractivity contribution in [3.63, 3.8) is 0 Å². The average Bonchev–Trinajstić information content (AvgIpc) is 2.15. The van der Waals surface area contributed by atoms with Crippen molar-refractivity contribution >= 4 is 5.96 Å². The summed E-state index contributed by atoms with van der Waals surface area (Å²) in [5, 5.41) is 0. The van der Waals surface area contributed by atoms with Crippen molar-refractivity contribution in [2.24, 2.45) is 10.8 Å². The Labute approximate surface area is 87.3 Å². The van der Waals surface area contributed by atoms with Gasteiger partial charge in [0.1, 0.15) is 0 Å². The van der Waals surface area contributed by atoms with E-state index in [2.05, 4.69) is 10.4 Å². The van der Waals surface area contributed by atoms with Crippen LogP contribution in [0.4, 0.5) is 13.2 Å². The molecule has 0 amide bonds. The van der Waals surface area contributed by atoms with Crippen LogP contribution in [0.2, 0.25) is 0 Å². The Bertz CT molecular complexity index is 203. The lowest BCUT2D eigenvalue weighted by Crippen LogP contribution is -2.44. The van der Waals surface area contributed by atoms with Crippen LogP contribution in [0.3, 0.4) is 0 Å². The van der Waals surface area contributed by atoms with Gasteiger partial charge in [-0.3, -0.25) is 10.4 Å². The molecule has 0 heterocycles. The van der Waals surface area contributed by atoms with Gasteiger partial charge in [0.15, 0.2) is 0 Å². The monoisotopic (exact) mass is 226 g/mol. The van der Waals surface area contributed by atoms with Crippen LogP contribution in [-0.4, -0.2) is 37.2 Å². The van der Waals surface area contributed by atoms with E-state index in [9.17, 15) is 13.2 Å². The molecule has 0 bridgehead atoms. The van der Waals surface area contributed by atoms with Crippen LogP contribution in [0.5, 0.6) is 0 Å². The third-order valence-electron chi connectivity index (χ3n) is 1.71. The van der Waals surface area contributed by atoms with E-state index in [1.54, 1.807) is 0 Å². The van der Waals surface area contributed by atoms with Crippen LogP contribution in [0.15, 0.2) is 4.99 Å². The zero-order valence-corrected chi connectivity index (χ0v) is 8.93. The number of aliphatic imine (C=N–C) groups is 1. The Kier molecular flexibility index (Phi) is 6.07. The smallest absolute Gasteiger partial charge is 0.345 e. The predicted octanol–water partition coefficient (Wildman–Crippen LogP) is 1.10. The molecule has 0 radical (unpaired) electrons. The molecule has 0 aromatic rings. The van der Waals surface area contributed by atoms with Crippen LogP contribution in [0, 0.1) is 0 Å². The Balaban J connectivity index is 4.10. The van der Waals surface area contributed by atoms with Crippen LogP contribution >= 0.6 is 0 Å². The highest BCUT2D eigenvalue weighted by Gasteiger charge is 2.27. The highest BCUT2D eigenvalue weighted by Crippen LogP contribution is 2.19. The van der Waals surface area contributed by atoms with Gasteiger partial charge in [-0.2, -0.15) is 13.2 Å². The Hall–Kier alpha value is -0.980. The van der Waals surface area contributed by atoms with Gasteiger partial charge in [0.2, 0.25) is 5.96 Å². The first-order chi connectivity index (χ1) is 6.90. The summed E-state index contributed by atoms with van der Waals surface area (Å²) in [6.45, 7) is 2.31. The summed E-state index contributed by atoms with van der Waals surface area (Å²) >= 11 is 0. The van der Waals surface area contributed by atoms with E-state index in [1.807, 2.05) is 6.92 Å². The first-order valence-corrected chi connectivity index (χ1v) is 4.69. The van der Waals surface area contributed by atoms with E-state index in [4.69, 9.17) is 5.84 Å². The quantitative estimate of drug-likeness (QED) is 0.326. The Morgan fingerprint density at radius 1 is 1.47 bits per heavy atom. The normalized spacial score (nSPS) is 12.8. The van der Waals surface area contributed by atoms with E-state index in [0.717, 1.165) is 6.42 Å². The second-order valence-electron chi connectivity index (χ2n) is 3.14. The number of alkyl halides is 3. The summed E-state index contributed by atoms with van der Waals surface area (Å²) in [5.41, 5.74) is 2.28. The molecule has 0 aromatic heterocycles. The Morgan fingerprint density at radius 3 is 2.47 bits per heavy atom. The lowest BCUT2D eigenvalue weighted by molar-refractivity contribution is -0.135. The van der Waals surface area contributed by atoms with Crippen LogP contribution in [0.1, 0.15) is 19.8 Å². The van der Waals surface area contributed by atoms with Gasteiger partial charge in [-0.15, -0.1) is 0 Å². The zero-order valence-electron chi connectivity index (χ0n) is 8.93. The van der Waals surface area contributed by atoms with Gasteiger partial charge in [0.25, 0.3) is 0 Å². The van der Waals surface area contributed by atoms with E-state index in [1.165, 1.54) is 11.9 Å². The molecule has 3 N–H and O–H groups in total. The number of hydrogen-bond acceptors (Lipinski definition) is 2. The van der Waals surface area contributed by atoms with Gasteiger partial charge in [0, 0.05) is 20.1 Å². The number of nitrogens with two attached hydrogens (primary N) is 1. The first-order valence-electron chi connectivity index (χ1n) is 4.69. The molecular weight excluding hydrogens is 209 g/mol. The lowest BCUT2D eigenvalue weighted by Gasteiger charge is -2.21. The van der Waals surface area contributed by atoms with E-state index in [0.29, 0.717) is 6.54 Å². The third kappa shape index (κ3) is 7.01. The number of guanidine groups is 1. The van der Waals surface area contributed by atoms with Crippen molar-refractivity contribution < 1.29 is 13.2 Å². The number of hydrazine groups is 1. The fraction of sp³-hybridized carbons (Fsp3) is 0.875. The second-order valence-corrected chi connectivity index (χ2v) is 3.14. The molecule has 0 atom stereocenters. The number of rotatable bonds is 4. The minimum Gasteiger partial charge on any atom is -0.345 e. The Morgan fingerprint density at radius 2 is 2.07 bits per heavy atom. The van der Waals surface area contributed by atoms with E-state index in [-0.39, 0.29) is 12.5 Å². The van der Waals surface area contributed by atoms with E-state index >= 15 is 0 Å². The third-order valence-corrected chi connectivity index (χ3v) is 1.71. The number of nitrogens with one attached hydrogen (secondary N) is 1. The van der Waals surface area contributed by atoms with Crippen molar-refractivity contribution in [2.45, 2.75) is 25.9 Å². The van der Waals surface area contributed by atoms with Crippen LogP contribution in [-0.2, 0) is 0 Å². The molecule has 4 nitrogen and oxygen atoms in total. The fourth-order valence-corrected chi connectivity index (χ4v) is 0.895. The molecule has 0 fully saturated rings. The highest BCUT2D eigenvalue weighted by atomic mass is 19.4. The largest absolute Gasteiger partial charge is 0.390 e. The molecular formula is C8H17F3N4. The van der Waals surface area contributed by atoms with Gasteiger partial charge in [-0.05, 0) is 6.42 Å². The van der Waals surface area contributed by atoms with Crippen LogP contribution in [0.25, 0.3) is 0 Å². The lowest BCUT2D eigenvalue weighted by atomic mass is 10.4. The highest BCUT2D eigenvalue weighted by molar-refractivity contribution is 5.79. The van der Waals surface area contributed by atoms with Gasteiger partial charge in [-0.1, -0.05) is 6.92 Å². The van der Waals surface area contributed by atoms with Crippen LogP contribution < -0.4 is 11.3 Å². The second kappa shape index (κ2) is 6.49. The molecule has 7 heteroatoms. The maximum absolute atomic E-state index is 11.9. The van der Waals surface area contributed by atoms with Crippen molar-refractivity contribution in [3.8, 4) is 0 Å². The van der Waals surface area contributed by atoms with Crippen molar-refractivity contribution in [2.75, 3.05) is 20.1 Å². The fourth-order valence-electron chi connectivity index (χ4n) is 0.895. The molecule has 0 rings (SSSR count). The maximum atomic E-state index is 11.9.